The highest BCUT2D eigenvalue weighted by molar-refractivity contribution is 5.88. The van der Waals surface area contributed by atoms with E-state index in [0.717, 1.165) is 11.1 Å². The molecular formula is C17H21N3O4. The van der Waals surface area contributed by atoms with Gasteiger partial charge in [0, 0.05) is 18.8 Å². The number of hydroxylamine groups is 1. The monoisotopic (exact) mass is 331 g/mol. The second-order valence-electron chi connectivity index (χ2n) is 5.24. The van der Waals surface area contributed by atoms with Gasteiger partial charge in [-0.3, -0.25) is 10.1 Å². The summed E-state index contributed by atoms with van der Waals surface area (Å²) in [6.45, 7) is 0.687. The van der Waals surface area contributed by atoms with Gasteiger partial charge in [-0.05, 0) is 23.3 Å². The van der Waals surface area contributed by atoms with Gasteiger partial charge in [0.2, 0.25) is 0 Å². The average Bonchev–Trinajstić information content (AvgIpc) is 2.63. The van der Waals surface area contributed by atoms with Gasteiger partial charge in [-0.1, -0.05) is 42.5 Å². The maximum atomic E-state index is 11.0. The van der Waals surface area contributed by atoms with E-state index in [2.05, 4.69) is 5.32 Å². The van der Waals surface area contributed by atoms with E-state index in [1.165, 1.54) is 5.48 Å². The molecule has 2 aromatic rings. The predicted molar refractivity (Wildman–Crippen MR) is 89.3 cm³/mol. The summed E-state index contributed by atoms with van der Waals surface area (Å²) in [5.74, 6) is 0. The summed E-state index contributed by atoms with van der Waals surface area (Å²) in [4.78, 5) is 12.8. The molecule has 0 aliphatic rings. The first-order valence-corrected chi connectivity index (χ1v) is 7.52. The number of rotatable bonds is 7. The largest absolute Gasteiger partial charge is 0.395 e. The highest BCUT2D eigenvalue weighted by Gasteiger charge is 2.17. The maximum absolute atomic E-state index is 11.0. The minimum absolute atomic E-state index is 0.0692. The van der Waals surface area contributed by atoms with Crippen LogP contribution in [-0.4, -0.2) is 39.5 Å². The zero-order valence-electron chi connectivity index (χ0n) is 13.1. The lowest BCUT2D eigenvalue weighted by Gasteiger charge is -2.27. The van der Waals surface area contributed by atoms with Crippen LogP contribution in [0.1, 0.15) is 17.4 Å². The molecule has 2 aromatic carbocycles. The minimum atomic E-state index is -0.823. The summed E-state index contributed by atoms with van der Waals surface area (Å²) >= 11 is 0. The third-order valence-electron chi connectivity index (χ3n) is 3.53. The van der Waals surface area contributed by atoms with Gasteiger partial charge in [-0.15, -0.1) is 0 Å². The van der Waals surface area contributed by atoms with Crippen LogP contribution in [-0.2, 0) is 6.54 Å². The van der Waals surface area contributed by atoms with Crippen molar-refractivity contribution in [1.82, 2.24) is 10.4 Å². The van der Waals surface area contributed by atoms with Crippen LogP contribution in [0.3, 0.4) is 0 Å². The van der Waals surface area contributed by atoms with Crippen molar-refractivity contribution in [3.63, 3.8) is 0 Å². The summed E-state index contributed by atoms with van der Waals surface area (Å²) in [6.07, 6.45) is -0.823. The van der Waals surface area contributed by atoms with Crippen molar-refractivity contribution in [2.75, 3.05) is 18.5 Å². The van der Waals surface area contributed by atoms with Crippen LogP contribution in [0.4, 0.5) is 10.5 Å². The molecule has 0 saturated heterocycles. The number of urea groups is 1. The number of anilines is 1. The van der Waals surface area contributed by atoms with Crippen LogP contribution in [0.25, 0.3) is 0 Å². The van der Waals surface area contributed by atoms with Crippen molar-refractivity contribution in [2.45, 2.75) is 12.8 Å². The molecular weight excluding hydrogens is 310 g/mol. The molecule has 7 nitrogen and oxygen atoms in total. The molecule has 0 aliphatic heterocycles. The molecule has 0 spiro atoms. The van der Waals surface area contributed by atoms with Crippen molar-refractivity contribution in [1.29, 1.82) is 0 Å². The molecule has 0 saturated carbocycles. The molecule has 2 amide bonds. The zero-order valence-corrected chi connectivity index (χ0v) is 13.1. The Bertz CT molecular complexity index is 634. The second kappa shape index (κ2) is 8.99. The Kier molecular flexibility index (Phi) is 6.71. The summed E-state index contributed by atoms with van der Waals surface area (Å²) < 4.78 is 0. The van der Waals surface area contributed by atoms with Gasteiger partial charge in [0.15, 0.2) is 0 Å². The number of amides is 2. The summed E-state index contributed by atoms with van der Waals surface area (Å²) in [6, 6.07) is 15.5. The second-order valence-corrected chi connectivity index (χ2v) is 5.24. The zero-order chi connectivity index (χ0) is 17.4. The quantitative estimate of drug-likeness (QED) is 0.302. The van der Waals surface area contributed by atoms with E-state index in [-0.39, 0.29) is 6.61 Å². The fourth-order valence-electron chi connectivity index (χ4n) is 2.34. The third kappa shape index (κ3) is 5.04. The number of hydrogen-bond acceptors (Lipinski definition) is 5. The average molecular weight is 331 g/mol. The number of aliphatic hydroxyl groups is 2. The van der Waals surface area contributed by atoms with Crippen LogP contribution in [0.2, 0.25) is 0 Å². The van der Waals surface area contributed by atoms with Crippen molar-refractivity contribution in [2.24, 2.45) is 0 Å². The van der Waals surface area contributed by atoms with Gasteiger partial charge >= 0.3 is 6.03 Å². The number of aliphatic hydroxyl groups excluding tert-OH is 2. The van der Waals surface area contributed by atoms with Crippen LogP contribution in [0, 0.1) is 0 Å². The topological polar surface area (TPSA) is 105 Å². The van der Waals surface area contributed by atoms with Gasteiger partial charge in [0.25, 0.3) is 0 Å². The number of benzene rings is 2. The molecule has 2 rings (SSSR count). The smallest absolute Gasteiger partial charge is 0.342 e. The van der Waals surface area contributed by atoms with Gasteiger partial charge in [0.1, 0.15) is 6.23 Å². The summed E-state index contributed by atoms with van der Waals surface area (Å²) in [5.41, 5.74) is 3.69. The summed E-state index contributed by atoms with van der Waals surface area (Å²) in [7, 11) is 0. The van der Waals surface area contributed by atoms with Gasteiger partial charge in [-0.2, -0.15) is 0 Å². The van der Waals surface area contributed by atoms with Crippen molar-refractivity contribution in [3.05, 3.63) is 65.7 Å². The highest BCUT2D eigenvalue weighted by Crippen LogP contribution is 2.20. The first-order chi connectivity index (χ1) is 11.6. The molecule has 7 heteroatoms. The van der Waals surface area contributed by atoms with Crippen molar-refractivity contribution >= 4 is 11.7 Å². The van der Waals surface area contributed by atoms with Gasteiger partial charge in [-0.25, -0.2) is 10.3 Å². The van der Waals surface area contributed by atoms with E-state index in [1.54, 1.807) is 29.2 Å². The van der Waals surface area contributed by atoms with Crippen molar-refractivity contribution in [3.8, 4) is 0 Å². The number of nitrogens with one attached hydrogen (secondary N) is 2. The lowest BCUT2D eigenvalue weighted by molar-refractivity contribution is -0.0134. The Morgan fingerprint density at radius 1 is 1.08 bits per heavy atom. The van der Waals surface area contributed by atoms with Crippen LogP contribution >= 0.6 is 0 Å². The van der Waals surface area contributed by atoms with E-state index >= 15 is 0 Å². The van der Waals surface area contributed by atoms with E-state index in [1.807, 2.05) is 30.3 Å². The van der Waals surface area contributed by atoms with E-state index < -0.39 is 12.3 Å². The maximum Gasteiger partial charge on any atom is 0.342 e. The molecule has 1 atom stereocenters. The van der Waals surface area contributed by atoms with E-state index in [0.29, 0.717) is 18.8 Å². The number of hydrogen-bond donors (Lipinski definition) is 5. The molecule has 1 unspecified atom stereocenters. The minimum Gasteiger partial charge on any atom is -0.395 e. The first kappa shape index (κ1) is 17.9. The Labute approximate surface area is 140 Å². The molecule has 0 heterocycles. The highest BCUT2D eigenvalue weighted by atomic mass is 16.5. The molecule has 5 N–H and O–H groups in total. The molecule has 0 fully saturated rings. The molecule has 0 radical (unpaired) electrons. The van der Waals surface area contributed by atoms with Crippen LogP contribution in [0.5, 0.6) is 0 Å². The van der Waals surface area contributed by atoms with Crippen LogP contribution in [0.15, 0.2) is 54.6 Å². The SMILES string of the molecule is O=C(NO)Nc1ccc(CN(CCO)C(O)c2ccccc2)cc1. The van der Waals surface area contributed by atoms with E-state index in [4.69, 9.17) is 5.21 Å². The predicted octanol–water partition coefficient (Wildman–Crippen LogP) is 1.68. The third-order valence-corrected chi connectivity index (χ3v) is 3.53. The fraction of sp³-hybridized carbons (Fsp3) is 0.235. The Balaban J connectivity index is 2.06. The standard InChI is InChI=1S/C17H21N3O4/c21-11-10-20(16(22)14-4-2-1-3-5-14)12-13-6-8-15(9-7-13)18-17(23)19-24/h1-9,16,21-22,24H,10-12H2,(H2,18,19,23). The van der Waals surface area contributed by atoms with Gasteiger partial charge < -0.3 is 15.5 Å². The first-order valence-electron chi connectivity index (χ1n) is 7.52. The fourth-order valence-corrected chi connectivity index (χ4v) is 2.34. The lowest BCUT2D eigenvalue weighted by Crippen LogP contribution is -2.31. The normalized spacial score (nSPS) is 12.0. The number of carbonyl (C=O) groups is 1. The molecule has 128 valence electrons. The van der Waals surface area contributed by atoms with Gasteiger partial charge in [0.05, 0.1) is 6.61 Å². The van der Waals surface area contributed by atoms with Crippen molar-refractivity contribution < 1.29 is 20.2 Å². The Morgan fingerprint density at radius 2 is 1.75 bits per heavy atom. The number of nitrogens with zero attached hydrogens (tertiary/aromatic N) is 1. The molecule has 24 heavy (non-hydrogen) atoms. The van der Waals surface area contributed by atoms with E-state index in [9.17, 15) is 15.0 Å². The Hall–Kier alpha value is -2.45. The summed E-state index contributed by atoms with van der Waals surface area (Å²) in [5, 5.41) is 30.7. The lowest BCUT2D eigenvalue weighted by atomic mass is 10.1. The Morgan fingerprint density at radius 3 is 2.33 bits per heavy atom. The molecule has 0 bridgehead atoms. The number of carbonyl (C=O) groups excluding carboxylic acids is 1. The molecule has 0 aliphatic carbocycles. The molecule has 0 aromatic heterocycles. The van der Waals surface area contributed by atoms with Crippen LogP contribution < -0.4 is 10.8 Å².